The molecule has 0 unspecified atom stereocenters. The van der Waals surface area contributed by atoms with Crippen molar-refractivity contribution in [1.29, 1.82) is 0 Å². The van der Waals surface area contributed by atoms with E-state index >= 15 is 0 Å². The van der Waals surface area contributed by atoms with E-state index in [1.165, 1.54) is 25.7 Å². The molecule has 0 atom stereocenters. The summed E-state index contributed by atoms with van der Waals surface area (Å²) in [5.41, 5.74) is 1.80. The first-order valence-corrected chi connectivity index (χ1v) is 14.0. The van der Waals surface area contributed by atoms with E-state index in [-0.39, 0.29) is 19.4 Å². The van der Waals surface area contributed by atoms with Crippen molar-refractivity contribution in [1.82, 2.24) is 9.97 Å². The standard InChI is InChI=1S/C28H33F11N2O4/c1-2-3-4-5-6-7-10-20-17-40-23(41-18-20)21-11-13-22(14-12-21)43-16-9-8-15-42-19-24(29,30)44-27(36,37)28(38,39)45-26(34,35)25(31,32)33/h11-14,17-18H,2-10,15-16,19H2,1H3. The molecule has 6 nitrogen and oxygen atoms in total. The van der Waals surface area contributed by atoms with Crippen LogP contribution in [-0.4, -0.2) is 60.4 Å². The molecule has 0 spiro atoms. The number of alkyl halides is 11. The Morgan fingerprint density at radius 3 is 1.78 bits per heavy atom. The molecule has 0 aliphatic carbocycles. The Hall–Kier alpha value is -2.79. The number of aromatic nitrogens is 2. The molecule has 1 aromatic heterocycles. The van der Waals surface area contributed by atoms with Gasteiger partial charge in [0.25, 0.3) is 0 Å². The van der Waals surface area contributed by atoms with Gasteiger partial charge in [0.05, 0.1) is 6.61 Å². The highest BCUT2D eigenvalue weighted by atomic mass is 19.4. The SMILES string of the molecule is CCCCCCCCc1cnc(-c2ccc(OCCCCOCC(F)(F)OC(F)(F)C(F)(F)OC(F)(F)C(F)(F)F)cc2)nc1. The largest absolute Gasteiger partial charge is 0.494 e. The summed E-state index contributed by atoms with van der Waals surface area (Å²) in [6, 6.07) is 6.78. The average Bonchev–Trinajstić information content (AvgIpc) is 2.93. The lowest BCUT2D eigenvalue weighted by molar-refractivity contribution is -0.537. The summed E-state index contributed by atoms with van der Waals surface area (Å²) >= 11 is 0. The molecule has 2 rings (SSSR count). The van der Waals surface area contributed by atoms with Crippen molar-refractivity contribution in [2.45, 2.75) is 95.3 Å². The molecular formula is C28H33F11N2O4. The van der Waals surface area contributed by atoms with Crippen LogP contribution in [0.4, 0.5) is 48.3 Å². The number of rotatable bonds is 21. The van der Waals surface area contributed by atoms with Crippen molar-refractivity contribution in [3.05, 3.63) is 42.2 Å². The lowest BCUT2D eigenvalue weighted by atomic mass is 10.1. The zero-order valence-electron chi connectivity index (χ0n) is 24.1. The molecule has 0 amide bonds. The zero-order valence-corrected chi connectivity index (χ0v) is 24.1. The van der Waals surface area contributed by atoms with E-state index in [9.17, 15) is 48.3 Å². The summed E-state index contributed by atoms with van der Waals surface area (Å²) in [6.07, 6.45) is -20.3. The van der Waals surface area contributed by atoms with E-state index in [0.29, 0.717) is 11.6 Å². The number of hydrogen-bond donors (Lipinski definition) is 0. The van der Waals surface area contributed by atoms with Crippen molar-refractivity contribution in [3.63, 3.8) is 0 Å². The number of nitrogens with zero attached hydrogens (tertiary/aromatic N) is 2. The van der Waals surface area contributed by atoms with E-state index in [1.807, 2.05) is 0 Å². The number of aryl methyl sites for hydroxylation is 1. The highest BCUT2D eigenvalue weighted by Gasteiger charge is 2.72. The highest BCUT2D eigenvalue weighted by molar-refractivity contribution is 5.55. The van der Waals surface area contributed by atoms with Gasteiger partial charge in [-0.25, -0.2) is 19.4 Å². The molecule has 17 heteroatoms. The third kappa shape index (κ3) is 12.9. The molecule has 0 bridgehead atoms. The number of unbranched alkanes of at least 4 members (excludes halogenated alkanes) is 6. The van der Waals surface area contributed by atoms with Crippen LogP contribution >= 0.6 is 0 Å². The molecule has 0 aliphatic rings. The van der Waals surface area contributed by atoms with Crippen molar-refractivity contribution in [3.8, 4) is 17.1 Å². The number of ether oxygens (including phenoxy) is 4. The van der Waals surface area contributed by atoms with Crippen LogP contribution in [0.3, 0.4) is 0 Å². The van der Waals surface area contributed by atoms with Crippen LogP contribution in [0.5, 0.6) is 5.75 Å². The fourth-order valence-corrected chi connectivity index (χ4v) is 3.68. The fraction of sp³-hybridized carbons (Fsp3) is 0.643. The monoisotopic (exact) mass is 670 g/mol. The second-order valence-corrected chi connectivity index (χ2v) is 9.95. The first kappa shape index (κ1) is 38.4. The van der Waals surface area contributed by atoms with E-state index in [1.54, 1.807) is 41.4 Å². The first-order chi connectivity index (χ1) is 20.9. The Balaban J connectivity index is 1.69. The minimum absolute atomic E-state index is 0.0283. The van der Waals surface area contributed by atoms with Crippen LogP contribution in [-0.2, 0) is 20.6 Å². The zero-order chi connectivity index (χ0) is 33.8. The van der Waals surface area contributed by atoms with Crippen LogP contribution in [0.15, 0.2) is 36.7 Å². The summed E-state index contributed by atoms with van der Waals surface area (Å²) in [4.78, 5) is 8.80. The summed E-state index contributed by atoms with van der Waals surface area (Å²) in [5, 5.41) is 0. The molecule has 45 heavy (non-hydrogen) atoms. The quantitative estimate of drug-likeness (QED) is 0.0976. The predicted molar refractivity (Wildman–Crippen MR) is 138 cm³/mol. The Morgan fingerprint density at radius 1 is 0.622 bits per heavy atom. The Kier molecular flexibility index (Phi) is 14.2. The molecule has 0 fully saturated rings. The third-order valence-corrected chi connectivity index (χ3v) is 6.06. The summed E-state index contributed by atoms with van der Waals surface area (Å²) in [5.74, 6) is 0.986. The van der Waals surface area contributed by atoms with Gasteiger partial charge < -0.3 is 9.47 Å². The van der Waals surface area contributed by atoms with Gasteiger partial charge in [0.2, 0.25) is 0 Å². The molecule has 1 heterocycles. The molecule has 0 saturated heterocycles. The molecule has 0 N–H and O–H groups in total. The van der Waals surface area contributed by atoms with Gasteiger partial charge in [-0.3, -0.25) is 0 Å². The van der Waals surface area contributed by atoms with Gasteiger partial charge in [0, 0.05) is 24.6 Å². The van der Waals surface area contributed by atoms with E-state index in [4.69, 9.17) is 4.74 Å². The smallest absolute Gasteiger partial charge is 0.483 e. The van der Waals surface area contributed by atoms with Crippen molar-refractivity contribution in [2.75, 3.05) is 19.8 Å². The lowest BCUT2D eigenvalue weighted by Crippen LogP contribution is -2.55. The maximum atomic E-state index is 13.5. The minimum atomic E-state index is -6.83. The van der Waals surface area contributed by atoms with E-state index in [0.717, 1.165) is 30.4 Å². The lowest BCUT2D eigenvalue weighted by Gasteiger charge is -2.31. The first-order valence-electron chi connectivity index (χ1n) is 14.0. The number of benzene rings is 1. The summed E-state index contributed by atoms with van der Waals surface area (Å²) < 4.78 is 155. The molecule has 0 saturated carbocycles. The average molecular weight is 671 g/mol. The van der Waals surface area contributed by atoms with Gasteiger partial charge >= 0.3 is 30.6 Å². The van der Waals surface area contributed by atoms with Crippen LogP contribution in [0.25, 0.3) is 11.4 Å². The van der Waals surface area contributed by atoms with Gasteiger partial charge in [0.1, 0.15) is 12.4 Å². The van der Waals surface area contributed by atoms with Crippen molar-refractivity contribution < 1.29 is 67.2 Å². The number of halogens is 11. The molecule has 0 aliphatic heterocycles. The van der Waals surface area contributed by atoms with Gasteiger partial charge in [-0.1, -0.05) is 39.0 Å². The fourth-order valence-electron chi connectivity index (χ4n) is 3.68. The predicted octanol–water partition coefficient (Wildman–Crippen LogP) is 9.19. The van der Waals surface area contributed by atoms with Crippen LogP contribution in [0.2, 0.25) is 0 Å². The Bertz CT molecular complexity index is 1130. The van der Waals surface area contributed by atoms with Crippen molar-refractivity contribution in [2.24, 2.45) is 0 Å². The Labute approximate surface area is 252 Å². The molecule has 1 aromatic carbocycles. The van der Waals surface area contributed by atoms with E-state index < -0.39 is 43.8 Å². The van der Waals surface area contributed by atoms with Crippen molar-refractivity contribution >= 4 is 0 Å². The second kappa shape index (κ2) is 16.7. The van der Waals surface area contributed by atoms with Gasteiger partial charge in [0.15, 0.2) is 5.82 Å². The molecule has 2 aromatic rings. The third-order valence-electron chi connectivity index (χ3n) is 6.06. The molecule has 256 valence electrons. The second-order valence-electron chi connectivity index (χ2n) is 9.95. The Morgan fingerprint density at radius 2 is 1.18 bits per heavy atom. The number of hydrogen-bond acceptors (Lipinski definition) is 6. The normalized spacial score (nSPS) is 13.3. The summed E-state index contributed by atoms with van der Waals surface area (Å²) in [7, 11) is 0. The topological polar surface area (TPSA) is 62.7 Å². The summed E-state index contributed by atoms with van der Waals surface area (Å²) in [6.45, 7) is -0.308. The maximum Gasteiger partial charge on any atom is 0.483 e. The molecular weight excluding hydrogens is 637 g/mol. The highest BCUT2D eigenvalue weighted by Crippen LogP contribution is 2.47. The maximum absolute atomic E-state index is 13.5. The van der Waals surface area contributed by atoms with Crippen LogP contribution in [0.1, 0.15) is 63.9 Å². The van der Waals surface area contributed by atoms with Crippen LogP contribution < -0.4 is 4.74 Å². The van der Waals surface area contributed by atoms with Gasteiger partial charge in [-0.15, -0.1) is 0 Å². The van der Waals surface area contributed by atoms with E-state index in [2.05, 4.69) is 26.4 Å². The van der Waals surface area contributed by atoms with Gasteiger partial charge in [-0.05, 0) is 55.5 Å². The minimum Gasteiger partial charge on any atom is -0.494 e. The van der Waals surface area contributed by atoms with Crippen LogP contribution in [0, 0.1) is 0 Å². The molecule has 0 radical (unpaired) electrons. The van der Waals surface area contributed by atoms with Gasteiger partial charge in [-0.2, -0.15) is 48.3 Å².